The highest BCUT2D eigenvalue weighted by atomic mass is 79.9. The third-order valence-electron chi connectivity index (χ3n) is 4.76. The molecule has 9 heteroatoms. The fourth-order valence-electron chi connectivity index (χ4n) is 2.99. The molecular weight excluding hydrogens is 530 g/mol. The minimum Gasteiger partial charge on any atom is -0.396 e. The van der Waals surface area contributed by atoms with E-state index in [-0.39, 0.29) is 35.6 Å². The van der Waals surface area contributed by atoms with E-state index in [0.29, 0.717) is 5.33 Å². The van der Waals surface area contributed by atoms with Crippen LogP contribution in [0, 0.1) is 11.2 Å². The molecule has 5 nitrogen and oxygen atoms in total. The first kappa shape index (κ1) is 22.2. The number of nitrogens with zero attached hydrogens (tertiary/aromatic N) is 2. The van der Waals surface area contributed by atoms with Gasteiger partial charge in [-0.2, -0.15) is 0 Å². The van der Waals surface area contributed by atoms with Crippen molar-refractivity contribution in [1.29, 1.82) is 0 Å². The van der Waals surface area contributed by atoms with Crippen LogP contribution >= 0.6 is 43.5 Å². The van der Waals surface area contributed by atoms with Crippen LogP contribution in [0.15, 0.2) is 50.5 Å². The van der Waals surface area contributed by atoms with E-state index in [4.69, 9.17) is 11.6 Å². The summed E-state index contributed by atoms with van der Waals surface area (Å²) >= 11 is 12.6. The third-order valence-corrected chi connectivity index (χ3v) is 6.94. The predicted molar refractivity (Wildman–Crippen MR) is 120 cm³/mol. The van der Waals surface area contributed by atoms with Gasteiger partial charge in [0.25, 0.3) is 5.56 Å². The highest BCUT2D eigenvalue weighted by Crippen LogP contribution is 2.25. The molecule has 1 aromatic heterocycles. The summed E-state index contributed by atoms with van der Waals surface area (Å²) in [4.78, 5) is 26.3. The number of aliphatic hydroxyl groups is 1. The Hall–Kier alpha value is -1.48. The number of rotatable bonds is 6. The molecule has 29 heavy (non-hydrogen) atoms. The summed E-state index contributed by atoms with van der Waals surface area (Å²) in [6, 6.07) is 9.55. The normalized spacial score (nSPS) is 13.6. The molecule has 0 fully saturated rings. The number of alkyl halides is 1. The van der Waals surface area contributed by atoms with Gasteiger partial charge in [-0.3, -0.25) is 13.9 Å². The van der Waals surface area contributed by atoms with Gasteiger partial charge in [0.15, 0.2) is 0 Å². The minimum absolute atomic E-state index is 0.0370. The van der Waals surface area contributed by atoms with Gasteiger partial charge in [0, 0.05) is 21.8 Å². The van der Waals surface area contributed by atoms with Crippen molar-refractivity contribution in [2.24, 2.45) is 5.41 Å². The number of benzene rings is 2. The summed E-state index contributed by atoms with van der Waals surface area (Å²) in [6.45, 7) is 1.77. The maximum absolute atomic E-state index is 14.1. The molecule has 0 aliphatic heterocycles. The van der Waals surface area contributed by atoms with E-state index in [1.807, 2.05) is 12.1 Å². The molecule has 3 rings (SSSR count). The largest absolute Gasteiger partial charge is 0.396 e. The lowest BCUT2D eigenvalue weighted by atomic mass is 9.94. The zero-order valence-electron chi connectivity index (χ0n) is 15.5. The topological polar surface area (TPSA) is 64.2 Å². The zero-order chi connectivity index (χ0) is 21.3. The van der Waals surface area contributed by atoms with Gasteiger partial charge in [-0.05, 0) is 29.8 Å². The molecule has 0 aliphatic carbocycles. The highest BCUT2D eigenvalue weighted by molar-refractivity contribution is 9.10. The average Bonchev–Trinajstić information content (AvgIpc) is 2.71. The van der Waals surface area contributed by atoms with Crippen LogP contribution in [0.5, 0.6) is 0 Å². The maximum atomic E-state index is 14.1. The number of aromatic nitrogens is 2. The molecular formula is C20H18Br2ClFN2O3. The van der Waals surface area contributed by atoms with Crippen LogP contribution in [-0.4, -0.2) is 26.2 Å². The SMILES string of the molecule is CC(CO)(CBr)Cn1c(=O)n(Cc2ccc(Br)cc2)c(=O)c2cc(F)c(Cl)cc21. The van der Waals surface area contributed by atoms with E-state index in [0.717, 1.165) is 20.7 Å². The van der Waals surface area contributed by atoms with Crippen LogP contribution in [0.25, 0.3) is 10.9 Å². The van der Waals surface area contributed by atoms with Crippen molar-refractivity contribution >= 4 is 54.4 Å². The second-order valence-corrected chi connectivity index (χ2v) is 9.16. The summed E-state index contributed by atoms with van der Waals surface area (Å²) in [6.07, 6.45) is 0. The molecule has 1 N–H and O–H groups in total. The Labute approximate surface area is 188 Å². The Morgan fingerprint density at radius 3 is 2.41 bits per heavy atom. The Balaban J connectivity index is 2.29. The molecule has 2 aromatic carbocycles. The van der Waals surface area contributed by atoms with E-state index < -0.39 is 22.5 Å². The fourth-order valence-corrected chi connectivity index (χ4v) is 3.77. The minimum atomic E-state index is -0.734. The van der Waals surface area contributed by atoms with Gasteiger partial charge in [-0.25, -0.2) is 9.18 Å². The molecule has 1 atom stereocenters. The lowest BCUT2D eigenvalue weighted by molar-refractivity contribution is 0.145. The van der Waals surface area contributed by atoms with Crippen molar-refractivity contribution in [2.75, 3.05) is 11.9 Å². The standard InChI is InChI=1S/C20H18Br2ClFN2O3/c1-20(9-21,11-27)10-26-17-7-15(23)16(24)6-14(17)18(28)25(19(26)29)8-12-2-4-13(22)5-3-12/h2-7,27H,8-11H2,1H3. The van der Waals surface area contributed by atoms with Gasteiger partial charge in [0.2, 0.25) is 0 Å². The molecule has 1 heterocycles. The lowest BCUT2D eigenvalue weighted by Crippen LogP contribution is -2.43. The summed E-state index contributed by atoms with van der Waals surface area (Å²) in [7, 11) is 0. The summed E-state index contributed by atoms with van der Waals surface area (Å²) < 4.78 is 17.4. The number of aliphatic hydroxyl groups excluding tert-OH is 1. The third kappa shape index (κ3) is 4.50. The van der Waals surface area contributed by atoms with Crippen molar-refractivity contribution in [3.63, 3.8) is 0 Å². The van der Waals surface area contributed by atoms with Gasteiger partial charge in [0.05, 0.1) is 29.1 Å². The molecule has 0 saturated carbocycles. The predicted octanol–water partition coefficient (Wildman–Crippen LogP) is 4.16. The molecule has 0 bridgehead atoms. The van der Waals surface area contributed by atoms with Gasteiger partial charge >= 0.3 is 5.69 Å². The van der Waals surface area contributed by atoms with Crippen molar-refractivity contribution in [3.05, 3.63) is 78.1 Å². The van der Waals surface area contributed by atoms with E-state index in [9.17, 15) is 19.1 Å². The Kier molecular flexibility index (Phi) is 6.67. The monoisotopic (exact) mass is 546 g/mol. The smallest absolute Gasteiger partial charge is 0.331 e. The average molecular weight is 549 g/mol. The maximum Gasteiger partial charge on any atom is 0.331 e. The molecule has 0 saturated heterocycles. The number of hydrogen-bond acceptors (Lipinski definition) is 3. The van der Waals surface area contributed by atoms with E-state index in [1.165, 1.54) is 10.6 Å². The number of fused-ring (bicyclic) bond motifs is 1. The summed E-state index contributed by atoms with van der Waals surface area (Å²) in [5.74, 6) is -0.734. The first-order valence-electron chi connectivity index (χ1n) is 8.73. The van der Waals surface area contributed by atoms with E-state index in [1.54, 1.807) is 19.1 Å². The zero-order valence-corrected chi connectivity index (χ0v) is 19.4. The first-order valence-corrected chi connectivity index (χ1v) is 11.0. The summed E-state index contributed by atoms with van der Waals surface area (Å²) in [5.41, 5.74) is -0.826. The Morgan fingerprint density at radius 1 is 1.17 bits per heavy atom. The summed E-state index contributed by atoms with van der Waals surface area (Å²) in [5, 5.41) is 10.1. The van der Waals surface area contributed by atoms with Gasteiger partial charge in [-0.15, -0.1) is 0 Å². The Morgan fingerprint density at radius 2 is 1.83 bits per heavy atom. The second kappa shape index (κ2) is 8.71. The van der Waals surface area contributed by atoms with E-state index >= 15 is 0 Å². The van der Waals surface area contributed by atoms with Crippen molar-refractivity contribution in [3.8, 4) is 0 Å². The second-order valence-electron chi connectivity index (χ2n) is 7.27. The first-order chi connectivity index (χ1) is 13.7. The van der Waals surface area contributed by atoms with Crippen molar-refractivity contribution in [1.82, 2.24) is 9.13 Å². The molecule has 3 aromatic rings. The molecule has 0 radical (unpaired) electrons. The van der Waals surface area contributed by atoms with Gasteiger partial charge in [-0.1, -0.05) is 62.5 Å². The highest BCUT2D eigenvalue weighted by Gasteiger charge is 2.26. The quantitative estimate of drug-likeness (QED) is 0.471. The number of halogens is 4. The molecule has 154 valence electrons. The van der Waals surface area contributed by atoms with Crippen LogP contribution in [0.4, 0.5) is 4.39 Å². The van der Waals surface area contributed by atoms with Crippen LogP contribution in [0.2, 0.25) is 5.02 Å². The molecule has 0 aliphatic rings. The number of hydrogen-bond donors (Lipinski definition) is 1. The van der Waals surface area contributed by atoms with Gasteiger partial charge < -0.3 is 5.11 Å². The fraction of sp³-hybridized carbons (Fsp3) is 0.300. The van der Waals surface area contributed by atoms with Crippen LogP contribution in [0.1, 0.15) is 12.5 Å². The molecule has 0 amide bonds. The Bertz CT molecular complexity index is 1170. The van der Waals surface area contributed by atoms with Crippen molar-refractivity contribution < 1.29 is 9.50 Å². The molecule has 1 unspecified atom stereocenters. The van der Waals surface area contributed by atoms with Crippen LogP contribution in [0.3, 0.4) is 0 Å². The van der Waals surface area contributed by atoms with Crippen LogP contribution in [-0.2, 0) is 13.1 Å². The van der Waals surface area contributed by atoms with Crippen molar-refractivity contribution in [2.45, 2.75) is 20.0 Å². The van der Waals surface area contributed by atoms with E-state index in [2.05, 4.69) is 31.9 Å². The molecule has 0 spiro atoms. The lowest BCUT2D eigenvalue weighted by Gasteiger charge is -2.27. The van der Waals surface area contributed by atoms with Gasteiger partial charge in [0.1, 0.15) is 5.82 Å². The van der Waals surface area contributed by atoms with Crippen LogP contribution < -0.4 is 11.2 Å².